The van der Waals surface area contributed by atoms with Gasteiger partial charge in [0, 0.05) is 36.3 Å². The van der Waals surface area contributed by atoms with Gasteiger partial charge in [-0.15, -0.1) is 0 Å². The summed E-state index contributed by atoms with van der Waals surface area (Å²) in [6.07, 6.45) is 3.65. The van der Waals surface area contributed by atoms with Crippen molar-refractivity contribution in [1.82, 2.24) is 10.2 Å². The Balaban J connectivity index is 1.91. The van der Waals surface area contributed by atoms with Crippen molar-refractivity contribution >= 4 is 12.0 Å². The molecule has 2 aromatic rings. The smallest absolute Gasteiger partial charge is 0.254 e. The van der Waals surface area contributed by atoms with Gasteiger partial charge in [-0.1, -0.05) is 11.6 Å². The average Bonchev–Trinajstić information content (AvgIpc) is 3.32. The van der Waals surface area contributed by atoms with Crippen molar-refractivity contribution in [3.8, 4) is 17.2 Å². The second kappa shape index (κ2) is 11.1. The minimum Gasteiger partial charge on any atom is -0.493 e. The number of halogens is 2. The highest BCUT2D eigenvalue weighted by Gasteiger charge is 2.25. The van der Waals surface area contributed by atoms with E-state index in [1.165, 1.54) is 33.5 Å². The molecule has 1 fully saturated rings. The minimum absolute atomic E-state index is 0.173. The lowest BCUT2D eigenvalue weighted by molar-refractivity contribution is 0.0756. The van der Waals surface area contributed by atoms with E-state index in [9.17, 15) is 13.6 Å². The van der Waals surface area contributed by atoms with Crippen molar-refractivity contribution in [2.75, 3.05) is 41.0 Å². The molecule has 0 bridgehead atoms. The van der Waals surface area contributed by atoms with Crippen LogP contribution >= 0.6 is 0 Å². The molecule has 2 aromatic carbocycles. The Labute approximate surface area is 193 Å². The summed E-state index contributed by atoms with van der Waals surface area (Å²) in [5, 5.41) is 3.41. The van der Waals surface area contributed by atoms with Crippen LogP contribution in [0.25, 0.3) is 6.08 Å². The summed E-state index contributed by atoms with van der Waals surface area (Å²) in [6, 6.07) is 6.86. The van der Waals surface area contributed by atoms with Crippen molar-refractivity contribution in [2.45, 2.75) is 25.8 Å². The molecule has 1 amide bonds. The number of methoxy groups -OCH3 is 3. The standard InChI is InChI=1S/C25H30F2N2O4/c1-16(10-17-7-8-19(26)13-21(17)27)14-29(15-20-6-5-9-28-20)25(30)18-11-22(31-2)24(33-4)23(12-18)32-3/h7-8,10-13,20,28H,5-6,9,14-15H2,1-4H3/t20-/m0/s1. The van der Waals surface area contributed by atoms with Gasteiger partial charge < -0.3 is 24.4 Å². The second-order valence-electron chi connectivity index (χ2n) is 8.05. The van der Waals surface area contributed by atoms with Crippen molar-refractivity contribution in [2.24, 2.45) is 0 Å². The number of hydrogen-bond acceptors (Lipinski definition) is 5. The van der Waals surface area contributed by atoms with Gasteiger partial charge in [-0.3, -0.25) is 4.79 Å². The number of nitrogens with zero attached hydrogens (tertiary/aromatic N) is 1. The topological polar surface area (TPSA) is 60.0 Å². The normalized spacial score (nSPS) is 15.9. The van der Waals surface area contributed by atoms with E-state index >= 15 is 0 Å². The molecule has 0 unspecified atom stereocenters. The van der Waals surface area contributed by atoms with E-state index in [1.807, 2.05) is 6.92 Å². The van der Waals surface area contributed by atoms with Gasteiger partial charge in [0.2, 0.25) is 5.75 Å². The van der Waals surface area contributed by atoms with Gasteiger partial charge in [0.25, 0.3) is 5.91 Å². The van der Waals surface area contributed by atoms with E-state index in [4.69, 9.17) is 14.2 Å². The third-order valence-electron chi connectivity index (χ3n) is 5.61. The third-order valence-corrected chi connectivity index (χ3v) is 5.61. The van der Waals surface area contributed by atoms with E-state index in [0.717, 1.165) is 31.0 Å². The number of nitrogens with one attached hydrogen (secondary N) is 1. The molecule has 6 nitrogen and oxygen atoms in total. The lowest BCUT2D eigenvalue weighted by Crippen LogP contribution is -2.42. The van der Waals surface area contributed by atoms with E-state index in [0.29, 0.717) is 29.4 Å². The second-order valence-corrected chi connectivity index (χ2v) is 8.05. The number of benzene rings is 2. The number of rotatable bonds is 9. The highest BCUT2D eigenvalue weighted by Crippen LogP contribution is 2.38. The zero-order valence-electron chi connectivity index (χ0n) is 19.4. The van der Waals surface area contributed by atoms with Gasteiger partial charge in [0.1, 0.15) is 11.6 Å². The van der Waals surface area contributed by atoms with Gasteiger partial charge in [-0.2, -0.15) is 0 Å². The molecule has 3 rings (SSSR count). The molecular formula is C25H30F2N2O4. The Kier molecular flexibility index (Phi) is 8.27. The zero-order valence-corrected chi connectivity index (χ0v) is 19.4. The molecule has 0 saturated carbocycles. The summed E-state index contributed by atoms with van der Waals surface area (Å²) in [5.41, 5.74) is 1.43. The molecular weight excluding hydrogens is 430 g/mol. The molecule has 178 valence electrons. The minimum atomic E-state index is -0.644. The van der Waals surface area contributed by atoms with Gasteiger partial charge >= 0.3 is 0 Å². The summed E-state index contributed by atoms with van der Waals surface area (Å²) in [7, 11) is 4.49. The Morgan fingerprint density at radius 2 is 1.82 bits per heavy atom. The van der Waals surface area contributed by atoms with Crippen LogP contribution in [0.2, 0.25) is 0 Å². The number of hydrogen-bond donors (Lipinski definition) is 1. The monoisotopic (exact) mass is 460 g/mol. The summed E-state index contributed by atoms with van der Waals surface area (Å²) in [6.45, 7) is 3.50. The third kappa shape index (κ3) is 6.01. The molecule has 1 saturated heterocycles. The van der Waals surface area contributed by atoms with Crippen molar-refractivity contribution in [3.63, 3.8) is 0 Å². The van der Waals surface area contributed by atoms with Crippen LogP contribution in [-0.4, -0.2) is 57.8 Å². The quantitative estimate of drug-likeness (QED) is 0.605. The molecule has 8 heteroatoms. The number of amides is 1. The molecule has 1 heterocycles. The molecule has 0 aromatic heterocycles. The molecule has 1 aliphatic rings. The van der Waals surface area contributed by atoms with Crippen LogP contribution in [0.4, 0.5) is 8.78 Å². The fraction of sp³-hybridized carbons (Fsp3) is 0.400. The summed E-state index contributed by atoms with van der Waals surface area (Å²) in [4.78, 5) is 15.3. The number of ether oxygens (including phenoxy) is 3. The van der Waals surface area contributed by atoms with E-state index < -0.39 is 11.6 Å². The largest absolute Gasteiger partial charge is 0.493 e. The Bertz CT molecular complexity index is 994. The Hall–Kier alpha value is -3.13. The lowest BCUT2D eigenvalue weighted by Gasteiger charge is -2.27. The Morgan fingerprint density at radius 3 is 2.36 bits per heavy atom. The molecule has 0 aliphatic carbocycles. The van der Waals surface area contributed by atoms with E-state index in [2.05, 4.69) is 5.32 Å². The first-order valence-electron chi connectivity index (χ1n) is 10.8. The lowest BCUT2D eigenvalue weighted by atomic mass is 10.1. The van der Waals surface area contributed by atoms with Gasteiger partial charge in [-0.25, -0.2) is 8.78 Å². The van der Waals surface area contributed by atoms with E-state index in [1.54, 1.807) is 23.1 Å². The average molecular weight is 461 g/mol. The zero-order chi connectivity index (χ0) is 24.0. The first-order valence-corrected chi connectivity index (χ1v) is 10.8. The van der Waals surface area contributed by atoms with Crippen molar-refractivity contribution in [1.29, 1.82) is 0 Å². The van der Waals surface area contributed by atoms with Gasteiger partial charge in [0.15, 0.2) is 11.5 Å². The van der Waals surface area contributed by atoms with Crippen molar-refractivity contribution < 1.29 is 27.8 Å². The molecule has 0 spiro atoms. The predicted octanol–water partition coefficient (Wildman–Crippen LogP) is 4.29. The number of carbonyl (C=O) groups is 1. The maximum Gasteiger partial charge on any atom is 0.254 e. The van der Waals surface area contributed by atoms with Crippen LogP contribution in [0.1, 0.15) is 35.7 Å². The predicted molar refractivity (Wildman–Crippen MR) is 123 cm³/mol. The summed E-state index contributed by atoms with van der Waals surface area (Å²) < 4.78 is 43.5. The molecule has 0 radical (unpaired) electrons. The molecule has 1 N–H and O–H groups in total. The first-order chi connectivity index (χ1) is 15.9. The van der Waals surface area contributed by atoms with Crippen LogP contribution in [0.15, 0.2) is 35.9 Å². The van der Waals surface area contributed by atoms with Crippen molar-refractivity contribution in [3.05, 3.63) is 58.7 Å². The fourth-order valence-corrected chi connectivity index (χ4v) is 4.02. The maximum absolute atomic E-state index is 14.1. The Morgan fingerprint density at radius 1 is 1.12 bits per heavy atom. The summed E-state index contributed by atoms with van der Waals surface area (Å²) >= 11 is 0. The molecule has 1 aliphatic heterocycles. The first kappa shape index (κ1) is 24.5. The van der Waals surface area contributed by atoms with Crippen LogP contribution in [0.3, 0.4) is 0 Å². The highest BCUT2D eigenvalue weighted by molar-refractivity contribution is 5.96. The SMILES string of the molecule is COc1cc(C(=O)N(CC(C)=Cc2ccc(F)cc2F)C[C@@H]2CCCN2)cc(OC)c1OC. The highest BCUT2D eigenvalue weighted by atomic mass is 19.1. The van der Waals surface area contributed by atoms with Crippen LogP contribution in [0, 0.1) is 11.6 Å². The van der Waals surface area contributed by atoms with E-state index in [-0.39, 0.29) is 24.1 Å². The fourth-order valence-electron chi connectivity index (χ4n) is 4.02. The van der Waals surface area contributed by atoms with Gasteiger partial charge in [-0.05, 0) is 50.6 Å². The van der Waals surface area contributed by atoms with Gasteiger partial charge in [0.05, 0.1) is 21.3 Å². The van der Waals surface area contributed by atoms with Crippen LogP contribution in [0.5, 0.6) is 17.2 Å². The number of carbonyl (C=O) groups excluding carboxylic acids is 1. The van der Waals surface area contributed by atoms with Crippen LogP contribution < -0.4 is 19.5 Å². The molecule has 33 heavy (non-hydrogen) atoms. The summed E-state index contributed by atoms with van der Waals surface area (Å²) in [5.74, 6) is -0.304. The molecule has 1 atom stereocenters. The maximum atomic E-state index is 14.1. The van der Waals surface area contributed by atoms with Crippen LogP contribution in [-0.2, 0) is 0 Å².